The minimum Gasteiger partial charge on any atom is -0.493 e. The summed E-state index contributed by atoms with van der Waals surface area (Å²) in [5, 5.41) is 4.52. The lowest BCUT2D eigenvalue weighted by Gasteiger charge is -2.16. The second-order valence-electron chi connectivity index (χ2n) is 9.40. The van der Waals surface area contributed by atoms with Crippen LogP contribution in [-0.4, -0.2) is 34.8 Å². The first-order valence-corrected chi connectivity index (χ1v) is 12.7. The number of benzene rings is 2. The van der Waals surface area contributed by atoms with Gasteiger partial charge in [-0.25, -0.2) is 13.4 Å². The van der Waals surface area contributed by atoms with Crippen molar-refractivity contribution in [1.29, 1.82) is 0 Å². The fourth-order valence-corrected chi connectivity index (χ4v) is 4.88. The summed E-state index contributed by atoms with van der Waals surface area (Å²) in [7, 11) is -2.21. The number of aryl methyl sites for hydroxylation is 2. The van der Waals surface area contributed by atoms with Crippen LogP contribution < -0.4 is 15.0 Å². The Balaban J connectivity index is 1.88. The lowest BCUT2D eigenvalue weighted by Crippen LogP contribution is -2.15. The second-order valence-corrected chi connectivity index (χ2v) is 11.1. The number of sulfonamides is 1. The molecule has 0 saturated heterocycles. The Bertz CT molecular complexity index is 1560. The van der Waals surface area contributed by atoms with E-state index in [1.54, 1.807) is 25.2 Å². The maximum Gasteiger partial charge on any atom is 0.277 e. The van der Waals surface area contributed by atoms with Crippen molar-refractivity contribution in [3.8, 4) is 17.1 Å². The third-order valence-corrected chi connectivity index (χ3v) is 6.90. The summed E-state index contributed by atoms with van der Waals surface area (Å²) in [6.45, 7) is 10.1. The van der Waals surface area contributed by atoms with E-state index in [0.29, 0.717) is 40.3 Å². The number of hydrogen-bond donors (Lipinski definition) is 2. The molecule has 2 aromatic heterocycles. The number of hydrogen-bond acceptors (Lipinski definition) is 6. The van der Waals surface area contributed by atoms with Crippen LogP contribution >= 0.6 is 0 Å². The minimum atomic E-state index is -3.91. The van der Waals surface area contributed by atoms with Crippen molar-refractivity contribution in [2.75, 3.05) is 11.3 Å². The van der Waals surface area contributed by atoms with Crippen LogP contribution in [0.4, 0.5) is 5.69 Å². The first-order chi connectivity index (χ1) is 16.4. The summed E-state index contributed by atoms with van der Waals surface area (Å²) >= 11 is 0. The second kappa shape index (κ2) is 8.84. The van der Waals surface area contributed by atoms with Crippen molar-refractivity contribution in [2.24, 2.45) is 7.05 Å². The average molecular weight is 496 g/mol. The third kappa shape index (κ3) is 4.79. The quantitative estimate of drug-likeness (QED) is 0.415. The molecule has 2 aromatic carbocycles. The molecule has 35 heavy (non-hydrogen) atoms. The van der Waals surface area contributed by atoms with Gasteiger partial charge in [0.2, 0.25) is 0 Å². The molecule has 2 heterocycles. The fourth-order valence-electron chi connectivity index (χ4n) is 3.79. The van der Waals surface area contributed by atoms with Gasteiger partial charge in [0.25, 0.3) is 15.6 Å². The van der Waals surface area contributed by atoms with E-state index in [9.17, 15) is 13.2 Å². The Morgan fingerprint density at radius 2 is 1.80 bits per heavy atom. The largest absolute Gasteiger partial charge is 0.493 e. The van der Waals surface area contributed by atoms with Crippen molar-refractivity contribution in [3.63, 3.8) is 0 Å². The summed E-state index contributed by atoms with van der Waals surface area (Å²) in [4.78, 5) is 20.5. The van der Waals surface area contributed by atoms with E-state index in [1.165, 1.54) is 16.8 Å². The topological polar surface area (TPSA) is 119 Å². The molecule has 4 rings (SSSR count). The first-order valence-electron chi connectivity index (χ1n) is 11.2. The molecule has 9 nitrogen and oxygen atoms in total. The molecule has 184 valence electrons. The van der Waals surface area contributed by atoms with Crippen LogP contribution in [0.2, 0.25) is 0 Å². The number of aromatic amines is 1. The highest BCUT2D eigenvalue weighted by molar-refractivity contribution is 7.92. The smallest absolute Gasteiger partial charge is 0.277 e. The van der Waals surface area contributed by atoms with Crippen LogP contribution in [0.25, 0.3) is 22.4 Å². The SMILES string of the molecule is CCOc1ccc(S(=O)(=O)Nc2ccc(C)cc2)cc1-c1nc2c(C(C)(C)C)nn(C)c2c(=O)[nH]1. The van der Waals surface area contributed by atoms with Gasteiger partial charge in [-0.05, 0) is 44.2 Å². The fraction of sp³-hybridized carbons (Fsp3) is 0.320. The predicted octanol–water partition coefficient (Wildman–Crippen LogP) is 4.13. The zero-order valence-electron chi connectivity index (χ0n) is 20.6. The van der Waals surface area contributed by atoms with Crippen molar-refractivity contribution in [1.82, 2.24) is 19.7 Å². The van der Waals surface area contributed by atoms with E-state index in [1.807, 2.05) is 46.8 Å². The number of nitrogens with one attached hydrogen (secondary N) is 2. The molecule has 4 aromatic rings. The van der Waals surface area contributed by atoms with Gasteiger partial charge in [-0.2, -0.15) is 5.10 Å². The highest BCUT2D eigenvalue weighted by Crippen LogP contribution is 2.33. The highest BCUT2D eigenvalue weighted by Gasteiger charge is 2.26. The zero-order chi connectivity index (χ0) is 25.5. The molecular formula is C25H29N5O4S. The van der Waals surface area contributed by atoms with Crippen LogP contribution in [0.3, 0.4) is 0 Å². The van der Waals surface area contributed by atoms with Crippen LogP contribution in [-0.2, 0) is 22.5 Å². The third-order valence-electron chi connectivity index (χ3n) is 5.52. The molecule has 0 saturated carbocycles. The van der Waals surface area contributed by atoms with E-state index in [-0.39, 0.29) is 21.7 Å². The Morgan fingerprint density at radius 1 is 1.11 bits per heavy atom. The molecule has 2 N–H and O–H groups in total. The summed E-state index contributed by atoms with van der Waals surface area (Å²) < 4.78 is 36.2. The highest BCUT2D eigenvalue weighted by atomic mass is 32.2. The number of fused-ring (bicyclic) bond motifs is 1. The average Bonchev–Trinajstić information content (AvgIpc) is 3.13. The van der Waals surface area contributed by atoms with Gasteiger partial charge < -0.3 is 9.72 Å². The van der Waals surface area contributed by atoms with Crippen molar-refractivity contribution < 1.29 is 13.2 Å². The number of rotatable bonds is 6. The normalized spacial score (nSPS) is 12.2. The van der Waals surface area contributed by atoms with E-state index in [4.69, 9.17) is 9.72 Å². The van der Waals surface area contributed by atoms with E-state index in [2.05, 4.69) is 14.8 Å². The van der Waals surface area contributed by atoms with Gasteiger partial charge in [-0.15, -0.1) is 0 Å². The summed E-state index contributed by atoms with van der Waals surface area (Å²) in [5.41, 5.74) is 2.59. The van der Waals surface area contributed by atoms with Crippen LogP contribution in [0.5, 0.6) is 5.75 Å². The number of ether oxygens (including phenoxy) is 1. The number of nitrogens with zero attached hydrogens (tertiary/aromatic N) is 3. The molecule has 0 aliphatic rings. The summed E-state index contributed by atoms with van der Waals surface area (Å²) in [5.74, 6) is 0.613. The lowest BCUT2D eigenvalue weighted by atomic mass is 9.91. The molecule has 0 amide bonds. The molecule has 0 unspecified atom stereocenters. The van der Waals surface area contributed by atoms with Crippen LogP contribution in [0.1, 0.15) is 39.0 Å². The molecular weight excluding hydrogens is 466 g/mol. The predicted molar refractivity (Wildman–Crippen MR) is 136 cm³/mol. The standard InChI is InChI=1S/C25H29N5O4S/c1-7-34-19-13-12-17(35(32,33)29-16-10-8-15(2)9-11-16)14-18(19)23-26-20-21(24(31)27-23)30(6)28-22(20)25(3,4)5/h8-14,29H,7H2,1-6H3,(H,26,27,31). The van der Waals surface area contributed by atoms with Crippen LogP contribution in [0.15, 0.2) is 52.2 Å². The number of H-pyrrole nitrogens is 1. The monoisotopic (exact) mass is 495 g/mol. The molecule has 10 heteroatoms. The van der Waals surface area contributed by atoms with Gasteiger partial charge in [0, 0.05) is 18.2 Å². The molecule has 0 aliphatic heterocycles. The summed E-state index contributed by atoms with van der Waals surface area (Å²) in [6, 6.07) is 11.5. The number of aromatic nitrogens is 4. The van der Waals surface area contributed by atoms with Gasteiger partial charge in [-0.3, -0.25) is 14.2 Å². The van der Waals surface area contributed by atoms with Gasteiger partial charge >= 0.3 is 0 Å². The molecule has 0 radical (unpaired) electrons. The van der Waals surface area contributed by atoms with Gasteiger partial charge in [-0.1, -0.05) is 38.5 Å². The Kier molecular flexibility index (Phi) is 6.18. The van der Waals surface area contributed by atoms with Gasteiger partial charge in [0.1, 0.15) is 17.1 Å². The molecule has 0 atom stereocenters. The van der Waals surface area contributed by atoms with E-state index < -0.39 is 10.0 Å². The Morgan fingerprint density at radius 3 is 2.43 bits per heavy atom. The molecule has 0 spiro atoms. The Labute approximate surface area is 204 Å². The van der Waals surface area contributed by atoms with Crippen molar-refractivity contribution in [3.05, 3.63) is 64.1 Å². The van der Waals surface area contributed by atoms with Crippen LogP contribution in [0, 0.1) is 6.92 Å². The number of anilines is 1. The Hall–Kier alpha value is -3.66. The van der Waals surface area contributed by atoms with Gasteiger partial charge in [0.15, 0.2) is 5.52 Å². The molecule has 0 aliphatic carbocycles. The lowest BCUT2D eigenvalue weighted by molar-refractivity contribution is 0.341. The maximum atomic E-state index is 13.1. The first kappa shape index (κ1) is 24.5. The maximum absolute atomic E-state index is 13.1. The minimum absolute atomic E-state index is 0.0153. The van der Waals surface area contributed by atoms with Crippen molar-refractivity contribution >= 4 is 26.7 Å². The van der Waals surface area contributed by atoms with E-state index in [0.717, 1.165) is 5.56 Å². The summed E-state index contributed by atoms with van der Waals surface area (Å²) in [6.07, 6.45) is 0. The van der Waals surface area contributed by atoms with E-state index >= 15 is 0 Å². The molecule has 0 fully saturated rings. The molecule has 0 bridgehead atoms. The zero-order valence-corrected chi connectivity index (χ0v) is 21.4. The van der Waals surface area contributed by atoms with Gasteiger partial charge in [0.05, 0.1) is 22.8 Å². The van der Waals surface area contributed by atoms with Crippen molar-refractivity contribution in [2.45, 2.75) is 44.9 Å².